The highest BCUT2D eigenvalue weighted by atomic mass is 16.2. The molecule has 0 aliphatic rings. The van der Waals surface area contributed by atoms with E-state index in [0.717, 1.165) is 11.3 Å². The van der Waals surface area contributed by atoms with Crippen LogP contribution in [0.15, 0.2) is 79.0 Å². The van der Waals surface area contributed by atoms with Crippen LogP contribution in [-0.4, -0.2) is 22.8 Å². The fourth-order valence-electron chi connectivity index (χ4n) is 2.83. The fourth-order valence-corrected chi connectivity index (χ4v) is 2.83. The van der Waals surface area contributed by atoms with E-state index in [0.29, 0.717) is 12.1 Å². The van der Waals surface area contributed by atoms with Crippen LogP contribution in [0.3, 0.4) is 0 Å². The Morgan fingerprint density at radius 1 is 0.964 bits per heavy atom. The van der Waals surface area contributed by atoms with Gasteiger partial charge in [0.1, 0.15) is 5.69 Å². The van der Waals surface area contributed by atoms with Gasteiger partial charge in [0.25, 0.3) is 11.8 Å². The molecule has 5 nitrogen and oxygen atoms in total. The smallest absolute Gasteiger partial charge is 0.270 e. The summed E-state index contributed by atoms with van der Waals surface area (Å²) in [6.07, 6.45) is 1.49. The van der Waals surface area contributed by atoms with Gasteiger partial charge in [-0.15, -0.1) is 0 Å². The Labute approximate surface area is 165 Å². The zero-order valence-electron chi connectivity index (χ0n) is 16.0. The van der Waals surface area contributed by atoms with Crippen LogP contribution in [0.2, 0.25) is 0 Å². The monoisotopic (exact) mass is 373 g/mol. The number of anilines is 1. The van der Waals surface area contributed by atoms with Gasteiger partial charge in [-0.25, -0.2) is 0 Å². The molecule has 0 radical (unpaired) electrons. The van der Waals surface area contributed by atoms with Crippen molar-refractivity contribution in [1.29, 1.82) is 0 Å². The first kappa shape index (κ1) is 19.3. The standard InChI is InChI=1S/C23H23N3O2/c1-17(2)25-22(27)21-15-19(13-14-24-21)23(28)26(20-11-7-4-8-12-20)16-18-9-5-3-6-10-18/h3-15,17H,16H2,1-2H3,(H,25,27). The van der Waals surface area contributed by atoms with Gasteiger partial charge in [-0.1, -0.05) is 48.5 Å². The molecule has 28 heavy (non-hydrogen) atoms. The molecule has 2 aromatic carbocycles. The molecule has 1 N–H and O–H groups in total. The van der Waals surface area contributed by atoms with Crippen molar-refractivity contribution >= 4 is 17.5 Å². The van der Waals surface area contributed by atoms with Crippen molar-refractivity contribution in [3.05, 3.63) is 95.8 Å². The largest absolute Gasteiger partial charge is 0.349 e. The highest BCUT2D eigenvalue weighted by Crippen LogP contribution is 2.20. The Hall–Kier alpha value is -3.47. The second-order valence-corrected chi connectivity index (χ2v) is 6.77. The van der Waals surface area contributed by atoms with Crippen molar-refractivity contribution in [1.82, 2.24) is 10.3 Å². The van der Waals surface area contributed by atoms with E-state index in [-0.39, 0.29) is 23.6 Å². The van der Waals surface area contributed by atoms with Crippen LogP contribution in [0, 0.1) is 0 Å². The average molecular weight is 373 g/mol. The summed E-state index contributed by atoms with van der Waals surface area (Å²) in [7, 11) is 0. The third-order valence-corrected chi connectivity index (χ3v) is 4.16. The average Bonchev–Trinajstić information content (AvgIpc) is 2.72. The lowest BCUT2D eigenvalue weighted by molar-refractivity contribution is 0.0938. The minimum absolute atomic E-state index is 0.00689. The molecule has 0 fully saturated rings. The van der Waals surface area contributed by atoms with Crippen LogP contribution >= 0.6 is 0 Å². The number of aromatic nitrogens is 1. The van der Waals surface area contributed by atoms with Crippen LogP contribution in [-0.2, 0) is 6.54 Å². The molecule has 0 bridgehead atoms. The summed E-state index contributed by atoms with van der Waals surface area (Å²) < 4.78 is 0. The first-order valence-corrected chi connectivity index (χ1v) is 9.22. The number of nitrogens with one attached hydrogen (secondary N) is 1. The molecule has 2 amide bonds. The molecular formula is C23H23N3O2. The second kappa shape index (κ2) is 8.95. The van der Waals surface area contributed by atoms with E-state index in [9.17, 15) is 9.59 Å². The van der Waals surface area contributed by atoms with E-state index in [4.69, 9.17) is 0 Å². The van der Waals surface area contributed by atoms with Gasteiger partial charge in [-0.3, -0.25) is 14.6 Å². The van der Waals surface area contributed by atoms with E-state index in [1.165, 1.54) is 6.20 Å². The molecule has 0 spiro atoms. The summed E-state index contributed by atoms with van der Waals surface area (Å²) in [5, 5.41) is 2.80. The topological polar surface area (TPSA) is 62.3 Å². The molecule has 0 saturated heterocycles. The van der Waals surface area contributed by atoms with Crippen molar-refractivity contribution in [2.75, 3.05) is 4.90 Å². The van der Waals surface area contributed by atoms with Crippen molar-refractivity contribution in [2.45, 2.75) is 26.4 Å². The van der Waals surface area contributed by atoms with Gasteiger partial charge in [-0.05, 0) is 43.7 Å². The van der Waals surface area contributed by atoms with Crippen molar-refractivity contribution < 1.29 is 9.59 Å². The fraction of sp³-hybridized carbons (Fsp3) is 0.174. The first-order valence-electron chi connectivity index (χ1n) is 9.22. The zero-order valence-corrected chi connectivity index (χ0v) is 16.0. The van der Waals surface area contributed by atoms with E-state index in [2.05, 4.69) is 10.3 Å². The van der Waals surface area contributed by atoms with Crippen molar-refractivity contribution in [3.8, 4) is 0 Å². The number of amides is 2. The summed E-state index contributed by atoms with van der Waals surface area (Å²) >= 11 is 0. The molecule has 3 rings (SSSR count). The van der Waals surface area contributed by atoms with E-state index >= 15 is 0 Å². The maximum absolute atomic E-state index is 13.3. The summed E-state index contributed by atoms with van der Waals surface area (Å²) in [4.78, 5) is 31.4. The number of hydrogen-bond donors (Lipinski definition) is 1. The molecule has 3 aromatic rings. The minimum Gasteiger partial charge on any atom is -0.349 e. The highest BCUT2D eigenvalue weighted by molar-refractivity contribution is 6.07. The number of para-hydroxylation sites is 1. The predicted octanol–water partition coefficient (Wildman–Crippen LogP) is 4.07. The molecule has 1 heterocycles. The summed E-state index contributed by atoms with van der Waals surface area (Å²) in [6, 6.07) is 22.5. The van der Waals surface area contributed by atoms with Crippen LogP contribution in [0.4, 0.5) is 5.69 Å². The SMILES string of the molecule is CC(C)NC(=O)c1cc(C(=O)N(Cc2ccccc2)c2ccccc2)ccn1. The normalized spacial score (nSPS) is 10.5. The molecule has 0 saturated carbocycles. The van der Waals surface area contributed by atoms with Gasteiger partial charge < -0.3 is 10.2 Å². The Balaban J connectivity index is 1.92. The maximum atomic E-state index is 13.3. The molecule has 5 heteroatoms. The summed E-state index contributed by atoms with van der Waals surface area (Å²) in [5.41, 5.74) is 2.46. The van der Waals surface area contributed by atoms with Crippen molar-refractivity contribution in [3.63, 3.8) is 0 Å². The molecule has 1 aromatic heterocycles. The lowest BCUT2D eigenvalue weighted by Gasteiger charge is -2.23. The highest BCUT2D eigenvalue weighted by Gasteiger charge is 2.20. The number of nitrogens with zero attached hydrogens (tertiary/aromatic N) is 2. The van der Waals surface area contributed by atoms with E-state index in [1.54, 1.807) is 17.0 Å². The zero-order chi connectivity index (χ0) is 19.9. The molecule has 0 aliphatic heterocycles. The van der Waals surface area contributed by atoms with Gasteiger partial charge in [0.05, 0.1) is 6.54 Å². The maximum Gasteiger partial charge on any atom is 0.270 e. The first-order chi connectivity index (χ1) is 13.5. The minimum atomic E-state index is -0.293. The van der Waals surface area contributed by atoms with Gasteiger partial charge in [0, 0.05) is 23.5 Å². The van der Waals surface area contributed by atoms with Crippen LogP contribution in [0.5, 0.6) is 0 Å². The van der Waals surface area contributed by atoms with Gasteiger partial charge in [-0.2, -0.15) is 0 Å². The predicted molar refractivity (Wildman–Crippen MR) is 110 cm³/mol. The lowest BCUT2D eigenvalue weighted by atomic mass is 10.1. The number of hydrogen-bond acceptors (Lipinski definition) is 3. The summed E-state index contributed by atoms with van der Waals surface area (Å²) in [5.74, 6) is -0.477. The Morgan fingerprint density at radius 3 is 2.25 bits per heavy atom. The second-order valence-electron chi connectivity index (χ2n) is 6.77. The molecule has 0 atom stereocenters. The van der Waals surface area contributed by atoms with E-state index in [1.807, 2.05) is 74.5 Å². The van der Waals surface area contributed by atoms with E-state index < -0.39 is 0 Å². The number of carbonyl (C=O) groups is 2. The number of carbonyl (C=O) groups excluding carboxylic acids is 2. The Morgan fingerprint density at radius 2 is 1.61 bits per heavy atom. The van der Waals surface area contributed by atoms with Crippen molar-refractivity contribution in [2.24, 2.45) is 0 Å². The van der Waals surface area contributed by atoms with Gasteiger partial charge in [0.15, 0.2) is 0 Å². The van der Waals surface area contributed by atoms with Crippen LogP contribution in [0.25, 0.3) is 0 Å². The number of rotatable bonds is 6. The summed E-state index contributed by atoms with van der Waals surface area (Å²) in [6.45, 7) is 4.19. The lowest BCUT2D eigenvalue weighted by Crippen LogP contribution is -2.32. The number of benzene rings is 2. The molecule has 0 aliphatic carbocycles. The number of pyridine rings is 1. The van der Waals surface area contributed by atoms with Gasteiger partial charge in [0.2, 0.25) is 0 Å². The molecule has 0 unspecified atom stereocenters. The Bertz CT molecular complexity index is 940. The molecule has 142 valence electrons. The molecular weight excluding hydrogens is 350 g/mol. The quantitative estimate of drug-likeness (QED) is 0.709. The van der Waals surface area contributed by atoms with Crippen LogP contribution in [0.1, 0.15) is 40.3 Å². The Kier molecular flexibility index (Phi) is 6.17. The van der Waals surface area contributed by atoms with Crippen LogP contribution < -0.4 is 10.2 Å². The third-order valence-electron chi connectivity index (χ3n) is 4.16. The third kappa shape index (κ3) is 4.82. The van der Waals surface area contributed by atoms with Gasteiger partial charge >= 0.3 is 0 Å².